The maximum atomic E-state index is 10.4. The van der Waals surface area contributed by atoms with E-state index < -0.39 is 0 Å². The van der Waals surface area contributed by atoms with Gasteiger partial charge in [-0.2, -0.15) is 0 Å². The van der Waals surface area contributed by atoms with E-state index in [1.165, 1.54) is 12.8 Å². The fraction of sp³-hybridized carbons (Fsp3) is 0.571. The minimum atomic E-state index is -0.316. The summed E-state index contributed by atoms with van der Waals surface area (Å²) in [7, 11) is 0. The summed E-state index contributed by atoms with van der Waals surface area (Å²) in [5.41, 5.74) is 6.91. The molecule has 0 radical (unpaired) electrons. The zero-order valence-corrected chi connectivity index (χ0v) is 10.7. The smallest absolute Gasteiger partial charge is 0.0648 e. The third-order valence-electron chi connectivity index (χ3n) is 3.85. The Morgan fingerprint density at radius 1 is 1.24 bits per heavy atom. The topological polar surface area (TPSA) is 46.2 Å². The Morgan fingerprint density at radius 3 is 2.35 bits per heavy atom. The van der Waals surface area contributed by atoms with Crippen molar-refractivity contribution in [3.05, 3.63) is 34.9 Å². The second-order valence-electron chi connectivity index (χ2n) is 4.93. The summed E-state index contributed by atoms with van der Waals surface area (Å²) in [6.45, 7) is 0.485. The molecule has 2 atom stereocenters. The molecule has 1 aromatic rings. The molecule has 1 fully saturated rings. The predicted octanol–water partition coefficient (Wildman–Crippen LogP) is 2.93. The summed E-state index contributed by atoms with van der Waals surface area (Å²) in [5.74, 6) is 0.453. The lowest BCUT2D eigenvalue weighted by Crippen LogP contribution is -2.31. The van der Waals surface area contributed by atoms with Crippen LogP contribution in [0.4, 0.5) is 0 Å². The van der Waals surface area contributed by atoms with E-state index in [-0.39, 0.29) is 12.0 Å². The number of rotatable bonds is 4. The minimum absolute atomic E-state index is 0.0374. The fourth-order valence-electron chi connectivity index (χ4n) is 2.81. The number of nitrogens with two attached hydrogens (primary N) is 1. The Kier molecular flexibility index (Phi) is 4.43. The highest BCUT2D eigenvalue weighted by molar-refractivity contribution is 6.30. The number of aliphatic hydroxyl groups excluding tert-OH is 1. The van der Waals surface area contributed by atoms with Gasteiger partial charge in [0.05, 0.1) is 6.10 Å². The second kappa shape index (κ2) is 5.85. The van der Waals surface area contributed by atoms with Crippen LogP contribution in [0, 0.1) is 5.92 Å². The van der Waals surface area contributed by atoms with E-state index in [9.17, 15) is 5.11 Å². The molecule has 2 nitrogen and oxygen atoms in total. The van der Waals surface area contributed by atoms with Gasteiger partial charge in [-0.05, 0) is 36.5 Å². The summed E-state index contributed by atoms with van der Waals surface area (Å²) >= 11 is 5.87. The molecular weight excluding hydrogens is 234 g/mol. The van der Waals surface area contributed by atoms with E-state index in [1.54, 1.807) is 0 Å². The Hall–Kier alpha value is -0.570. The van der Waals surface area contributed by atoms with E-state index in [0.717, 1.165) is 23.4 Å². The minimum Gasteiger partial charge on any atom is -0.392 e. The standard InChI is InChI=1S/C14H20ClNO/c15-12-7-5-10(6-8-12)13(9-16)14(17)11-3-1-2-4-11/h5-8,11,13-14,17H,1-4,9,16H2. The van der Waals surface area contributed by atoms with Gasteiger partial charge in [-0.15, -0.1) is 0 Å². The first-order chi connectivity index (χ1) is 8.22. The van der Waals surface area contributed by atoms with Crippen molar-refractivity contribution in [1.82, 2.24) is 0 Å². The molecule has 3 heteroatoms. The first-order valence-electron chi connectivity index (χ1n) is 6.36. The van der Waals surface area contributed by atoms with Gasteiger partial charge < -0.3 is 10.8 Å². The normalized spacial score (nSPS) is 20.4. The van der Waals surface area contributed by atoms with Crippen LogP contribution >= 0.6 is 11.6 Å². The third kappa shape index (κ3) is 3.01. The third-order valence-corrected chi connectivity index (χ3v) is 4.10. The van der Waals surface area contributed by atoms with Crippen molar-refractivity contribution in [2.24, 2.45) is 11.7 Å². The average Bonchev–Trinajstić information content (AvgIpc) is 2.86. The Labute approximate surface area is 108 Å². The highest BCUT2D eigenvalue weighted by Crippen LogP contribution is 2.34. The maximum absolute atomic E-state index is 10.4. The molecule has 0 saturated heterocycles. The Balaban J connectivity index is 2.11. The SMILES string of the molecule is NCC(c1ccc(Cl)cc1)C(O)C1CCCC1. The van der Waals surface area contributed by atoms with Gasteiger partial charge in [0.1, 0.15) is 0 Å². The van der Waals surface area contributed by atoms with Crippen molar-refractivity contribution in [2.45, 2.75) is 37.7 Å². The van der Waals surface area contributed by atoms with Crippen LogP contribution in [0.15, 0.2) is 24.3 Å². The Morgan fingerprint density at radius 2 is 1.82 bits per heavy atom. The van der Waals surface area contributed by atoms with Crippen LogP contribution in [0.3, 0.4) is 0 Å². The zero-order valence-electron chi connectivity index (χ0n) is 9.98. The van der Waals surface area contributed by atoms with Gasteiger partial charge in [0.25, 0.3) is 0 Å². The lowest BCUT2D eigenvalue weighted by molar-refractivity contribution is 0.0851. The van der Waals surface area contributed by atoms with Gasteiger partial charge in [-0.3, -0.25) is 0 Å². The number of benzene rings is 1. The van der Waals surface area contributed by atoms with Crippen LogP contribution < -0.4 is 5.73 Å². The van der Waals surface area contributed by atoms with Crippen molar-refractivity contribution < 1.29 is 5.11 Å². The molecule has 2 unspecified atom stereocenters. The molecule has 0 amide bonds. The first-order valence-corrected chi connectivity index (χ1v) is 6.73. The zero-order chi connectivity index (χ0) is 12.3. The molecular formula is C14H20ClNO. The van der Waals surface area contributed by atoms with Crippen LogP contribution in [0.5, 0.6) is 0 Å². The molecule has 0 spiro atoms. The van der Waals surface area contributed by atoms with Crippen LogP contribution in [-0.4, -0.2) is 17.8 Å². The van der Waals surface area contributed by atoms with Gasteiger partial charge in [-0.1, -0.05) is 36.6 Å². The van der Waals surface area contributed by atoms with Crippen LogP contribution in [-0.2, 0) is 0 Å². The van der Waals surface area contributed by atoms with Gasteiger partial charge in [0.15, 0.2) is 0 Å². The van der Waals surface area contributed by atoms with Crippen LogP contribution in [0.2, 0.25) is 5.02 Å². The molecule has 1 aromatic carbocycles. The summed E-state index contributed by atoms with van der Waals surface area (Å²) in [6.07, 6.45) is 4.42. The van der Waals surface area contributed by atoms with Crippen molar-refractivity contribution in [1.29, 1.82) is 0 Å². The number of aliphatic hydroxyl groups is 1. The molecule has 0 bridgehead atoms. The molecule has 94 valence electrons. The summed E-state index contributed by atoms with van der Waals surface area (Å²) in [5, 5.41) is 11.1. The second-order valence-corrected chi connectivity index (χ2v) is 5.37. The Bertz CT molecular complexity index is 346. The van der Waals surface area contributed by atoms with E-state index in [4.69, 9.17) is 17.3 Å². The largest absolute Gasteiger partial charge is 0.392 e. The maximum Gasteiger partial charge on any atom is 0.0648 e. The van der Waals surface area contributed by atoms with Crippen molar-refractivity contribution in [3.63, 3.8) is 0 Å². The first kappa shape index (κ1) is 12.9. The monoisotopic (exact) mass is 253 g/mol. The van der Waals surface area contributed by atoms with E-state index in [0.29, 0.717) is 12.5 Å². The fourth-order valence-corrected chi connectivity index (χ4v) is 2.94. The molecule has 17 heavy (non-hydrogen) atoms. The summed E-state index contributed by atoms with van der Waals surface area (Å²) in [6, 6.07) is 7.66. The molecule has 1 aliphatic carbocycles. The lowest BCUT2D eigenvalue weighted by atomic mass is 9.85. The van der Waals surface area contributed by atoms with Gasteiger partial charge >= 0.3 is 0 Å². The predicted molar refractivity (Wildman–Crippen MR) is 71.2 cm³/mol. The van der Waals surface area contributed by atoms with Gasteiger partial charge in [0, 0.05) is 17.5 Å². The van der Waals surface area contributed by atoms with Crippen LogP contribution in [0.25, 0.3) is 0 Å². The van der Waals surface area contributed by atoms with E-state index in [2.05, 4.69) is 0 Å². The molecule has 0 aromatic heterocycles. The molecule has 0 heterocycles. The highest BCUT2D eigenvalue weighted by atomic mass is 35.5. The van der Waals surface area contributed by atoms with E-state index >= 15 is 0 Å². The number of hydrogen-bond donors (Lipinski definition) is 2. The molecule has 3 N–H and O–H groups in total. The molecule has 1 aliphatic rings. The highest BCUT2D eigenvalue weighted by Gasteiger charge is 2.29. The lowest BCUT2D eigenvalue weighted by Gasteiger charge is -2.26. The van der Waals surface area contributed by atoms with Crippen molar-refractivity contribution in [2.75, 3.05) is 6.54 Å². The van der Waals surface area contributed by atoms with Gasteiger partial charge in [0.2, 0.25) is 0 Å². The number of hydrogen-bond acceptors (Lipinski definition) is 2. The van der Waals surface area contributed by atoms with Crippen molar-refractivity contribution >= 4 is 11.6 Å². The van der Waals surface area contributed by atoms with Crippen LogP contribution in [0.1, 0.15) is 37.2 Å². The molecule has 1 saturated carbocycles. The summed E-state index contributed by atoms with van der Waals surface area (Å²) < 4.78 is 0. The molecule has 0 aliphatic heterocycles. The summed E-state index contributed by atoms with van der Waals surface area (Å²) in [4.78, 5) is 0. The van der Waals surface area contributed by atoms with Crippen molar-refractivity contribution in [3.8, 4) is 0 Å². The number of halogens is 1. The quantitative estimate of drug-likeness (QED) is 0.867. The van der Waals surface area contributed by atoms with E-state index in [1.807, 2.05) is 24.3 Å². The van der Waals surface area contributed by atoms with Gasteiger partial charge in [-0.25, -0.2) is 0 Å². The average molecular weight is 254 g/mol. The molecule has 2 rings (SSSR count).